The van der Waals surface area contributed by atoms with Gasteiger partial charge in [-0.3, -0.25) is 4.79 Å². The molecule has 2 aromatic rings. The van der Waals surface area contributed by atoms with E-state index in [9.17, 15) is 4.79 Å². The maximum atomic E-state index is 12.2. The molecule has 0 aromatic heterocycles. The normalized spacial score (nSPS) is 16.4. The molecule has 1 N–H and O–H groups in total. The van der Waals surface area contributed by atoms with Crippen LogP contribution in [0, 0.1) is 0 Å². The molecule has 28 heavy (non-hydrogen) atoms. The van der Waals surface area contributed by atoms with Crippen LogP contribution in [0.15, 0.2) is 71.1 Å². The molecule has 0 saturated carbocycles. The lowest BCUT2D eigenvalue weighted by molar-refractivity contribution is -0.115. The second-order valence-electron chi connectivity index (χ2n) is 6.42. The Labute approximate surface area is 170 Å². The molecule has 144 valence electrons. The molecule has 3 rings (SSSR count). The third kappa shape index (κ3) is 5.60. The maximum Gasteiger partial charge on any atom is 0.264 e. The summed E-state index contributed by atoms with van der Waals surface area (Å²) in [4.78, 5) is 17.4. The van der Waals surface area contributed by atoms with Gasteiger partial charge < -0.3 is 10.1 Å². The van der Waals surface area contributed by atoms with Crippen LogP contribution in [-0.4, -0.2) is 17.7 Å². The number of amides is 1. The molecule has 1 fully saturated rings. The molecule has 0 unspecified atom stereocenters. The zero-order valence-corrected chi connectivity index (χ0v) is 16.8. The molecule has 1 amide bonds. The smallest absolute Gasteiger partial charge is 0.264 e. The minimum Gasteiger partial charge on any atom is -0.490 e. The Morgan fingerprint density at radius 2 is 1.89 bits per heavy atom. The first kappa shape index (κ1) is 20.0. The predicted octanol–water partition coefficient (Wildman–Crippen LogP) is 5.49. The average molecular weight is 393 g/mol. The van der Waals surface area contributed by atoms with Gasteiger partial charge in [0.1, 0.15) is 12.4 Å². The molecule has 4 nitrogen and oxygen atoms in total. The van der Waals surface area contributed by atoms with Gasteiger partial charge in [-0.15, -0.1) is 0 Å². The van der Waals surface area contributed by atoms with Crippen LogP contribution in [0.25, 0.3) is 6.08 Å². The molecular weight excluding hydrogens is 368 g/mol. The molecular formula is C23H24N2O2S. The number of aliphatic imine (C=N–C) groups is 1. The first-order chi connectivity index (χ1) is 13.7. The van der Waals surface area contributed by atoms with Gasteiger partial charge >= 0.3 is 0 Å². The highest BCUT2D eigenvalue weighted by Crippen LogP contribution is 2.28. The van der Waals surface area contributed by atoms with Crippen molar-refractivity contribution in [3.63, 3.8) is 0 Å². The fourth-order valence-electron chi connectivity index (χ4n) is 2.68. The minimum atomic E-state index is -0.129. The van der Waals surface area contributed by atoms with Gasteiger partial charge in [-0.1, -0.05) is 50.3 Å². The molecule has 0 spiro atoms. The van der Waals surface area contributed by atoms with Crippen molar-refractivity contribution in [3.05, 3.63) is 77.2 Å². The number of hydrogen-bond donors (Lipinski definition) is 1. The van der Waals surface area contributed by atoms with Crippen molar-refractivity contribution in [2.75, 3.05) is 6.61 Å². The number of benzene rings is 2. The number of thioether (sulfide) groups is 1. The van der Waals surface area contributed by atoms with E-state index in [0.717, 1.165) is 23.4 Å². The number of rotatable bonds is 8. The van der Waals surface area contributed by atoms with Crippen molar-refractivity contribution in [1.29, 1.82) is 0 Å². The van der Waals surface area contributed by atoms with Crippen LogP contribution in [0.3, 0.4) is 0 Å². The van der Waals surface area contributed by atoms with Crippen LogP contribution in [0.2, 0.25) is 0 Å². The number of carbonyl (C=O) groups excluding carboxylic acids is 1. The third-order valence-electron chi connectivity index (χ3n) is 4.18. The summed E-state index contributed by atoms with van der Waals surface area (Å²) >= 11 is 1.35. The third-order valence-corrected chi connectivity index (χ3v) is 5.09. The fraction of sp³-hybridized carbons (Fsp3) is 0.217. The summed E-state index contributed by atoms with van der Waals surface area (Å²) < 4.78 is 5.47. The van der Waals surface area contributed by atoms with E-state index < -0.39 is 0 Å². The van der Waals surface area contributed by atoms with Crippen LogP contribution in [0.4, 0.5) is 5.69 Å². The van der Waals surface area contributed by atoms with Gasteiger partial charge in [-0.2, -0.15) is 0 Å². The lowest BCUT2D eigenvalue weighted by atomic mass is 10.1. The van der Waals surface area contributed by atoms with E-state index in [1.54, 1.807) is 6.08 Å². The number of aryl methyl sites for hydroxylation is 1. The Balaban J connectivity index is 1.66. The predicted molar refractivity (Wildman–Crippen MR) is 118 cm³/mol. The minimum absolute atomic E-state index is 0.129. The Hall–Kier alpha value is -2.79. The lowest BCUT2D eigenvalue weighted by Crippen LogP contribution is -2.19. The van der Waals surface area contributed by atoms with E-state index >= 15 is 0 Å². The van der Waals surface area contributed by atoms with E-state index in [2.05, 4.69) is 35.9 Å². The monoisotopic (exact) mass is 392 g/mol. The standard InChI is InChI=1S/C23H24N2O2S/c1-3-5-6-17-7-11-19(12-8-17)24-23-25-22(26)21(28-23)16-18-9-13-20(14-10-18)27-15-4-2/h4,7-14,16H,2-3,5-6,15H2,1H3,(H,24,25,26). The Kier molecular flexibility index (Phi) is 7.09. The lowest BCUT2D eigenvalue weighted by Gasteiger charge is -2.03. The molecule has 5 heteroatoms. The highest BCUT2D eigenvalue weighted by atomic mass is 32.2. The SMILES string of the molecule is C=CCOc1ccc(C=C2SC(=Nc3ccc(CCCC)cc3)NC2=O)cc1. The zero-order chi connectivity index (χ0) is 19.8. The largest absolute Gasteiger partial charge is 0.490 e. The summed E-state index contributed by atoms with van der Waals surface area (Å²) in [5, 5.41) is 3.43. The van der Waals surface area contributed by atoms with E-state index in [1.165, 1.54) is 30.2 Å². The van der Waals surface area contributed by atoms with Gasteiger partial charge in [0.15, 0.2) is 5.17 Å². The molecule has 1 heterocycles. The Bertz CT molecular complexity index is 884. The Morgan fingerprint density at radius 3 is 2.57 bits per heavy atom. The number of hydrogen-bond acceptors (Lipinski definition) is 4. The van der Waals surface area contributed by atoms with E-state index in [1.807, 2.05) is 42.5 Å². The number of nitrogens with zero attached hydrogens (tertiary/aromatic N) is 1. The number of unbranched alkanes of at least 4 members (excludes halogenated alkanes) is 1. The number of carbonyl (C=O) groups is 1. The summed E-state index contributed by atoms with van der Waals surface area (Å²) in [6.07, 6.45) is 7.02. The molecule has 0 bridgehead atoms. The summed E-state index contributed by atoms with van der Waals surface area (Å²) in [5.74, 6) is 0.644. The second-order valence-corrected chi connectivity index (χ2v) is 7.45. The van der Waals surface area contributed by atoms with Gasteiger partial charge in [-0.25, -0.2) is 4.99 Å². The van der Waals surface area contributed by atoms with Crippen molar-refractivity contribution < 1.29 is 9.53 Å². The summed E-state index contributed by atoms with van der Waals surface area (Å²) in [6.45, 7) is 6.29. The molecule has 2 aromatic carbocycles. The van der Waals surface area contributed by atoms with Crippen molar-refractivity contribution in [1.82, 2.24) is 5.32 Å². The molecule has 1 saturated heterocycles. The van der Waals surface area contributed by atoms with Gasteiger partial charge in [0, 0.05) is 0 Å². The van der Waals surface area contributed by atoms with Crippen molar-refractivity contribution >= 4 is 34.6 Å². The molecule has 0 aliphatic carbocycles. The second kappa shape index (κ2) is 9.95. The number of amidine groups is 1. The summed E-state index contributed by atoms with van der Waals surface area (Å²) in [6, 6.07) is 15.8. The Morgan fingerprint density at radius 1 is 1.14 bits per heavy atom. The topological polar surface area (TPSA) is 50.7 Å². The number of ether oxygens (including phenoxy) is 1. The highest BCUT2D eigenvalue weighted by molar-refractivity contribution is 8.18. The average Bonchev–Trinajstić information content (AvgIpc) is 3.05. The van der Waals surface area contributed by atoms with E-state index in [-0.39, 0.29) is 5.91 Å². The first-order valence-corrected chi connectivity index (χ1v) is 10.2. The van der Waals surface area contributed by atoms with Crippen molar-refractivity contribution in [3.8, 4) is 5.75 Å². The fourth-order valence-corrected chi connectivity index (χ4v) is 3.52. The molecule has 0 atom stereocenters. The number of nitrogens with one attached hydrogen (secondary N) is 1. The molecule has 0 radical (unpaired) electrons. The molecule has 1 aliphatic heterocycles. The summed E-state index contributed by atoms with van der Waals surface area (Å²) in [5.41, 5.74) is 3.09. The van der Waals surface area contributed by atoms with E-state index in [4.69, 9.17) is 4.74 Å². The van der Waals surface area contributed by atoms with Crippen LogP contribution in [0.5, 0.6) is 5.75 Å². The van der Waals surface area contributed by atoms with Gasteiger partial charge in [0.05, 0.1) is 10.6 Å². The quantitative estimate of drug-likeness (QED) is 0.478. The first-order valence-electron chi connectivity index (χ1n) is 9.40. The van der Waals surface area contributed by atoms with Gasteiger partial charge in [-0.05, 0) is 66.1 Å². The van der Waals surface area contributed by atoms with Crippen molar-refractivity contribution in [2.45, 2.75) is 26.2 Å². The molecule has 1 aliphatic rings. The highest BCUT2D eigenvalue weighted by Gasteiger charge is 2.23. The van der Waals surface area contributed by atoms with Crippen LogP contribution >= 0.6 is 11.8 Å². The van der Waals surface area contributed by atoms with Gasteiger partial charge in [0.2, 0.25) is 0 Å². The summed E-state index contributed by atoms with van der Waals surface area (Å²) in [7, 11) is 0. The van der Waals surface area contributed by atoms with Crippen LogP contribution in [0.1, 0.15) is 30.9 Å². The maximum absolute atomic E-state index is 12.2. The van der Waals surface area contributed by atoms with Crippen molar-refractivity contribution in [2.24, 2.45) is 4.99 Å². The zero-order valence-electron chi connectivity index (χ0n) is 16.0. The van der Waals surface area contributed by atoms with Crippen LogP contribution < -0.4 is 10.1 Å². The van der Waals surface area contributed by atoms with E-state index in [0.29, 0.717) is 16.7 Å². The van der Waals surface area contributed by atoms with Gasteiger partial charge in [0.25, 0.3) is 5.91 Å². The van der Waals surface area contributed by atoms with Crippen LogP contribution in [-0.2, 0) is 11.2 Å².